The number of ether oxygens (including phenoxy) is 2. The minimum Gasteiger partial charge on any atom is -0.496 e. The number of rotatable bonds is 6. The molecule has 1 heterocycles. The number of anilines is 2. The Balaban J connectivity index is 1.58. The van der Waals surface area contributed by atoms with Crippen LogP contribution in [0.1, 0.15) is 36.6 Å². The average molecular weight is 488 g/mol. The van der Waals surface area contributed by atoms with Gasteiger partial charge >= 0.3 is 5.97 Å². The fraction of sp³-hybridized carbons (Fsp3) is 0.250. The van der Waals surface area contributed by atoms with Crippen molar-refractivity contribution in [3.63, 3.8) is 0 Å². The van der Waals surface area contributed by atoms with E-state index in [2.05, 4.69) is 10.2 Å². The molecule has 1 saturated heterocycles. The number of amides is 2. The van der Waals surface area contributed by atoms with Crippen LogP contribution in [0.3, 0.4) is 0 Å². The second-order valence-corrected chi connectivity index (χ2v) is 8.48. The number of piperazine rings is 1. The van der Waals surface area contributed by atoms with E-state index < -0.39 is 5.97 Å². The Hall–Kier alpha value is -4.33. The maximum atomic E-state index is 13.3. The molecule has 4 rings (SSSR count). The first-order valence-corrected chi connectivity index (χ1v) is 11.7. The van der Waals surface area contributed by atoms with E-state index in [1.54, 1.807) is 30.3 Å². The minimum absolute atomic E-state index is 0.00337. The molecule has 1 aliphatic heterocycles. The molecule has 186 valence electrons. The molecule has 1 N–H and O–H groups in total. The lowest BCUT2D eigenvalue weighted by atomic mass is 10.1. The van der Waals surface area contributed by atoms with E-state index in [1.807, 2.05) is 48.2 Å². The maximum Gasteiger partial charge on any atom is 0.337 e. The molecule has 1 fully saturated rings. The molecule has 0 radical (unpaired) electrons. The smallest absolute Gasteiger partial charge is 0.337 e. The molecule has 3 aromatic rings. The monoisotopic (exact) mass is 487 g/mol. The third-order valence-corrected chi connectivity index (χ3v) is 6.25. The Morgan fingerprint density at radius 2 is 1.56 bits per heavy atom. The molecule has 0 aliphatic carbocycles. The predicted molar refractivity (Wildman–Crippen MR) is 138 cm³/mol. The number of hydrogen-bond acceptors (Lipinski definition) is 6. The number of aryl methyl sites for hydroxylation is 1. The number of esters is 1. The van der Waals surface area contributed by atoms with Gasteiger partial charge in [-0.2, -0.15) is 0 Å². The molecule has 0 bridgehead atoms. The summed E-state index contributed by atoms with van der Waals surface area (Å²) in [5, 5.41) is 2.96. The van der Waals surface area contributed by atoms with Gasteiger partial charge in [0.15, 0.2) is 0 Å². The summed E-state index contributed by atoms with van der Waals surface area (Å²) >= 11 is 0. The maximum absolute atomic E-state index is 13.3. The number of hydrogen-bond donors (Lipinski definition) is 1. The molecule has 2 amide bonds. The van der Waals surface area contributed by atoms with Gasteiger partial charge in [0.05, 0.1) is 36.7 Å². The largest absolute Gasteiger partial charge is 0.496 e. The van der Waals surface area contributed by atoms with Crippen LogP contribution in [0.2, 0.25) is 0 Å². The Bertz CT molecular complexity index is 1270. The van der Waals surface area contributed by atoms with Crippen LogP contribution in [-0.2, 0) is 4.74 Å². The van der Waals surface area contributed by atoms with E-state index in [1.165, 1.54) is 14.2 Å². The summed E-state index contributed by atoms with van der Waals surface area (Å²) in [4.78, 5) is 42.2. The molecular weight excluding hydrogens is 458 g/mol. The second kappa shape index (κ2) is 10.9. The third kappa shape index (κ3) is 5.17. The molecule has 8 nitrogen and oxygen atoms in total. The van der Waals surface area contributed by atoms with Gasteiger partial charge < -0.3 is 24.6 Å². The van der Waals surface area contributed by atoms with Crippen molar-refractivity contribution in [1.29, 1.82) is 0 Å². The Morgan fingerprint density at radius 1 is 0.833 bits per heavy atom. The fourth-order valence-electron chi connectivity index (χ4n) is 4.36. The lowest BCUT2D eigenvalue weighted by Gasteiger charge is -2.37. The quantitative estimate of drug-likeness (QED) is 0.529. The van der Waals surface area contributed by atoms with Crippen molar-refractivity contribution in [2.75, 3.05) is 50.6 Å². The zero-order valence-electron chi connectivity index (χ0n) is 20.6. The highest BCUT2D eigenvalue weighted by Crippen LogP contribution is 2.31. The standard InChI is InChI=1S/C28H29N3O5/c1-19-8-7-11-22(25(19)35-2)26(32)29-23-18-21(28(34)36-3)12-13-24(23)30-14-16-31(17-15-30)27(33)20-9-5-4-6-10-20/h4-13,18H,14-17H2,1-3H3,(H,29,32). The summed E-state index contributed by atoms with van der Waals surface area (Å²) in [6.45, 7) is 4.09. The first kappa shape index (κ1) is 24.8. The van der Waals surface area contributed by atoms with Crippen LogP contribution in [0, 0.1) is 6.92 Å². The van der Waals surface area contributed by atoms with E-state index in [0.717, 1.165) is 11.3 Å². The SMILES string of the molecule is COC(=O)c1ccc(N2CCN(C(=O)c3ccccc3)CC2)c(NC(=O)c2cccc(C)c2OC)c1. The molecular formula is C28H29N3O5. The number of carbonyl (C=O) groups is 3. The molecule has 0 unspecified atom stereocenters. The third-order valence-electron chi connectivity index (χ3n) is 6.25. The van der Waals surface area contributed by atoms with Crippen LogP contribution >= 0.6 is 0 Å². The molecule has 36 heavy (non-hydrogen) atoms. The van der Waals surface area contributed by atoms with Gasteiger partial charge in [-0.15, -0.1) is 0 Å². The number of nitrogens with zero attached hydrogens (tertiary/aromatic N) is 2. The summed E-state index contributed by atoms with van der Waals surface area (Å²) in [5.41, 5.74) is 3.46. The Kier molecular flexibility index (Phi) is 7.53. The average Bonchev–Trinajstić information content (AvgIpc) is 2.92. The van der Waals surface area contributed by atoms with Crippen molar-refractivity contribution in [3.8, 4) is 5.75 Å². The van der Waals surface area contributed by atoms with Gasteiger partial charge in [-0.25, -0.2) is 4.79 Å². The van der Waals surface area contributed by atoms with Gasteiger partial charge in [0.1, 0.15) is 5.75 Å². The van der Waals surface area contributed by atoms with Crippen molar-refractivity contribution < 1.29 is 23.9 Å². The normalized spacial score (nSPS) is 13.2. The van der Waals surface area contributed by atoms with Crippen LogP contribution in [0.25, 0.3) is 0 Å². The lowest BCUT2D eigenvalue weighted by molar-refractivity contribution is 0.0600. The van der Waals surface area contributed by atoms with Gasteiger partial charge in [0, 0.05) is 31.7 Å². The van der Waals surface area contributed by atoms with Gasteiger partial charge in [0.25, 0.3) is 11.8 Å². The number of carbonyl (C=O) groups excluding carboxylic acids is 3. The van der Waals surface area contributed by atoms with Crippen LogP contribution in [0.4, 0.5) is 11.4 Å². The summed E-state index contributed by atoms with van der Waals surface area (Å²) in [6.07, 6.45) is 0. The van der Waals surface area contributed by atoms with Crippen molar-refractivity contribution >= 4 is 29.2 Å². The molecule has 1 aliphatic rings. The minimum atomic E-state index is -0.497. The van der Waals surface area contributed by atoms with Crippen LogP contribution in [-0.4, -0.2) is 63.1 Å². The lowest BCUT2D eigenvalue weighted by Crippen LogP contribution is -2.49. The van der Waals surface area contributed by atoms with Gasteiger partial charge in [-0.05, 0) is 48.9 Å². The molecule has 0 saturated carbocycles. The van der Waals surface area contributed by atoms with Gasteiger partial charge in [-0.3, -0.25) is 9.59 Å². The predicted octanol–water partition coefficient (Wildman–Crippen LogP) is 4.00. The van der Waals surface area contributed by atoms with Gasteiger partial charge in [-0.1, -0.05) is 30.3 Å². The van der Waals surface area contributed by atoms with Crippen LogP contribution in [0.15, 0.2) is 66.7 Å². The van der Waals surface area contributed by atoms with E-state index in [-0.39, 0.29) is 11.8 Å². The van der Waals surface area contributed by atoms with Crippen molar-refractivity contribution in [3.05, 3.63) is 89.0 Å². The molecule has 0 aromatic heterocycles. The number of para-hydroxylation sites is 1. The topological polar surface area (TPSA) is 88.2 Å². The summed E-state index contributed by atoms with van der Waals surface area (Å²) in [5.74, 6) is -0.356. The number of nitrogens with one attached hydrogen (secondary N) is 1. The van der Waals surface area contributed by atoms with Crippen molar-refractivity contribution in [2.24, 2.45) is 0 Å². The first-order valence-electron chi connectivity index (χ1n) is 11.7. The highest BCUT2D eigenvalue weighted by Gasteiger charge is 2.25. The highest BCUT2D eigenvalue weighted by atomic mass is 16.5. The molecule has 8 heteroatoms. The van der Waals surface area contributed by atoms with Crippen molar-refractivity contribution in [1.82, 2.24) is 4.90 Å². The van der Waals surface area contributed by atoms with E-state index >= 15 is 0 Å². The second-order valence-electron chi connectivity index (χ2n) is 8.48. The molecule has 0 atom stereocenters. The fourth-order valence-corrected chi connectivity index (χ4v) is 4.36. The van der Waals surface area contributed by atoms with Crippen LogP contribution < -0.4 is 15.0 Å². The van der Waals surface area contributed by atoms with E-state index in [4.69, 9.17) is 9.47 Å². The van der Waals surface area contributed by atoms with Crippen molar-refractivity contribution in [2.45, 2.75) is 6.92 Å². The number of benzene rings is 3. The van der Waals surface area contributed by atoms with E-state index in [0.29, 0.717) is 54.3 Å². The zero-order valence-corrected chi connectivity index (χ0v) is 20.6. The first-order chi connectivity index (χ1) is 17.4. The summed E-state index contributed by atoms with van der Waals surface area (Å²) in [7, 11) is 2.84. The highest BCUT2D eigenvalue weighted by molar-refractivity contribution is 6.08. The number of methoxy groups -OCH3 is 2. The van der Waals surface area contributed by atoms with Gasteiger partial charge in [0.2, 0.25) is 0 Å². The Labute approximate surface area is 210 Å². The summed E-state index contributed by atoms with van der Waals surface area (Å²) < 4.78 is 10.3. The van der Waals surface area contributed by atoms with E-state index in [9.17, 15) is 14.4 Å². The molecule has 3 aromatic carbocycles. The summed E-state index contributed by atoms with van der Waals surface area (Å²) in [6, 6.07) is 19.7. The van der Waals surface area contributed by atoms with Crippen LogP contribution in [0.5, 0.6) is 5.75 Å². The molecule has 0 spiro atoms. The Morgan fingerprint density at radius 3 is 2.22 bits per heavy atom. The zero-order chi connectivity index (χ0) is 25.7.